The highest BCUT2D eigenvalue weighted by Crippen LogP contribution is 2.52. The van der Waals surface area contributed by atoms with E-state index in [1.165, 1.54) is 33.4 Å². The molecule has 0 unspecified atom stereocenters. The van der Waals surface area contributed by atoms with Gasteiger partial charge in [-0.2, -0.15) is 0 Å². The molecule has 0 spiro atoms. The molecule has 1 heterocycles. The van der Waals surface area contributed by atoms with Crippen molar-refractivity contribution in [3.63, 3.8) is 0 Å². The van der Waals surface area contributed by atoms with Crippen LogP contribution < -0.4 is 4.90 Å². The van der Waals surface area contributed by atoms with E-state index < -0.39 is 0 Å². The maximum atomic E-state index is 7.07. The molecule has 2 nitrogen and oxygen atoms in total. The zero-order valence-electron chi connectivity index (χ0n) is 29.8. The van der Waals surface area contributed by atoms with Crippen LogP contribution in [0.4, 0.5) is 17.1 Å². The fourth-order valence-electron chi connectivity index (χ4n) is 8.46. The molecule has 0 atom stereocenters. The topological polar surface area (TPSA) is 16.4 Å². The van der Waals surface area contributed by atoms with Crippen molar-refractivity contribution < 1.29 is 4.42 Å². The quantitative estimate of drug-likeness (QED) is 0.174. The van der Waals surface area contributed by atoms with Crippen molar-refractivity contribution >= 4 is 39.0 Å². The minimum atomic E-state index is -0.150. The van der Waals surface area contributed by atoms with Gasteiger partial charge in [-0.05, 0) is 74.8 Å². The molecular weight excluding hydrogens is 643 g/mol. The van der Waals surface area contributed by atoms with E-state index in [0.717, 1.165) is 61.3 Å². The molecule has 0 saturated carbocycles. The van der Waals surface area contributed by atoms with Gasteiger partial charge in [0, 0.05) is 33.0 Å². The smallest absolute Gasteiger partial charge is 0.159 e. The highest BCUT2D eigenvalue weighted by Gasteiger charge is 2.36. The summed E-state index contributed by atoms with van der Waals surface area (Å²) in [4.78, 5) is 2.42. The van der Waals surface area contributed by atoms with Crippen molar-refractivity contribution in [2.45, 2.75) is 19.3 Å². The SMILES string of the molecule is CC1(C)c2ccccc2-c2ccc(N(c3ccc(-c4ccccc4)cc3-c3ccccc3)c3cccc4c3oc3c(-c5ccccc5)cccc34)cc21. The van der Waals surface area contributed by atoms with E-state index in [4.69, 9.17) is 4.42 Å². The third-order valence-corrected chi connectivity index (χ3v) is 11.1. The largest absolute Gasteiger partial charge is 0.453 e. The summed E-state index contributed by atoms with van der Waals surface area (Å²) >= 11 is 0. The van der Waals surface area contributed by atoms with Crippen LogP contribution in [0.25, 0.3) is 66.4 Å². The predicted octanol–water partition coefficient (Wildman–Crippen LogP) is 14.4. The minimum absolute atomic E-state index is 0.150. The second-order valence-corrected chi connectivity index (χ2v) is 14.5. The zero-order chi connectivity index (χ0) is 35.5. The fourth-order valence-corrected chi connectivity index (χ4v) is 8.46. The van der Waals surface area contributed by atoms with Crippen LogP contribution in [0.5, 0.6) is 0 Å². The van der Waals surface area contributed by atoms with Crippen LogP contribution in [0.15, 0.2) is 192 Å². The van der Waals surface area contributed by atoms with Crippen molar-refractivity contribution in [2.24, 2.45) is 0 Å². The first-order valence-electron chi connectivity index (χ1n) is 18.4. The summed E-state index contributed by atoms with van der Waals surface area (Å²) in [6, 6.07) is 67.7. The van der Waals surface area contributed by atoms with Gasteiger partial charge in [0.2, 0.25) is 0 Å². The molecule has 8 aromatic carbocycles. The monoisotopic (exact) mass is 679 g/mol. The summed E-state index contributed by atoms with van der Waals surface area (Å²) in [5, 5.41) is 2.20. The normalized spacial score (nSPS) is 12.9. The van der Waals surface area contributed by atoms with Crippen LogP contribution in [0, 0.1) is 0 Å². The Bertz CT molecular complexity index is 2800. The Balaban J connectivity index is 1.26. The van der Waals surface area contributed by atoms with E-state index in [-0.39, 0.29) is 5.41 Å². The molecule has 1 aliphatic rings. The molecule has 53 heavy (non-hydrogen) atoms. The average molecular weight is 680 g/mol. The molecule has 0 saturated heterocycles. The first-order chi connectivity index (χ1) is 26.1. The number of furan rings is 1. The number of rotatable bonds is 6. The summed E-state index contributed by atoms with van der Waals surface area (Å²) in [6.45, 7) is 4.70. The second kappa shape index (κ2) is 12.3. The molecule has 2 heteroatoms. The number of hydrogen-bond acceptors (Lipinski definition) is 2. The third kappa shape index (κ3) is 5.02. The Morgan fingerprint density at radius 3 is 1.70 bits per heavy atom. The van der Waals surface area contributed by atoms with E-state index in [1.54, 1.807) is 0 Å². The van der Waals surface area contributed by atoms with Crippen LogP contribution >= 0.6 is 0 Å². The number of anilines is 3. The summed E-state index contributed by atoms with van der Waals surface area (Å²) in [7, 11) is 0. The second-order valence-electron chi connectivity index (χ2n) is 14.5. The molecule has 9 aromatic rings. The predicted molar refractivity (Wildman–Crippen MR) is 222 cm³/mol. The van der Waals surface area contributed by atoms with Gasteiger partial charge < -0.3 is 9.32 Å². The van der Waals surface area contributed by atoms with Crippen LogP contribution in [-0.4, -0.2) is 0 Å². The zero-order valence-corrected chi connectivity index (χ0v) is 29.8. The lowest BCUT2D eigenvalue weighted by Crippen LogP contribution is -2.17. The summed E-state index contributed by atoms with van der Waals surface area (Å²) in [5.74, 6) is 0. The van der Waals surface area contributed by atoms with Crippen molar-refractivity contribution in [2.75, 3.05) is 4.90 Å². The first kappa shape index (κ1) is 31.1. The van der Waals surface area contributed by atoms with Gasteiger partial charge in [-0.15, -0.1) is 0 Å². The molecular formula is C51H37NO. The molecule has 10 rings (SSSR count). The first-order valence-corrected chi connectivity index (χ1v) is 18.4. The third-order valence-electron chi connectivity index (χ3n) is 11.1. The maximum Gasteiger partial charge on any atom is 0.159 e. The van der Waals surface area contributed by atoms with Crippen LogP contribution in [0.3, 0.4) is 0 Å². The number of benzene rings is 8. The molecule has 1 aliphatic carbocycles. The van der Waals surface area contributed by atoms with Gasteiger partial charge in [0.05, 0.1) is 11.4 Å². The number of fused-ring (bicyclic) bond motifs is 6. The molecule has 252 valence electrons. The average Bonchev–Trinajstić information content (AvgIpc) is 3.72. The molecule has 0 aliphatic heterocycles. The van der Waals surface area contributed by atoms with Crippen LogP contribution in [0.2, 0.25) is 0 Å². The minimum Gasteiger partial charge on any atom is -0.453 e. The van der Waals surface area contributed by atoms with Gasteiger partial charge in [0.25, 0.3) is 0 Å². The highest BCUT2D eigenvalue weighted by atomic mass is 16.3. The molecule has 0 fully saturated rings. The van der Waals surface area contributed by atoms with Crippen molar-refractivity contribution in [1.82, 2.24) is 0 Å². The molecule has 0 N–H and O–H groups in total. The Labute approximate surface area is 310 Å². The van der Waals surface area contributed by atoms with Crippen molar-refractivity contribution in [3.05, 3.63) is 199 Å². The summed E-state index contributed by atoms with van der Waals surface area (Å²) in [5.41, 5.74) is 17.0. The number of nitrogens with zero attached hydrogens (tertiary/aromatic N) is 1. The number of para-hydroxylation sites is 2. The molecule has 0 amide bonds. The van der Waals surface area contributed by atoms with E-state index in [0.29, 0.717) is 0 Å². The van der Waals surface area contributed by atoms with E-state index >= 15 is 0 Å². The number of hydrogen-bond donors (Lipinski definition) is 0. The lowest BCUT2D eigenvalue weighted by Gasteiger charge is -2.30. The standard InChI is InChI=1S/C51H37NO/c1-51(2)45-26-13-12-22-40(45)41-30-29-38(33-46(41)51)52(47-31-28-37(34-16-6-3-7-17-34)32-44(47)36-20-10-5-11-21-36)48-27-15-25-43-42-24-14-23-39(49(42)53-50(43)48)35-18-8-4-9-19-35/h3-33H,1-2H3. The molecule has 1 aromatic heterocycles. The van der Waals surface area contributed by atoms with Crippen LogP contribution in [0.1, 0.15) is 25.0 Å². The summed E-state index contributed by atoms with van der Waals surface area (Å²) in [6.07, 6.45) is 0. The van der Waals surface area contributed by atoms with Gasteiger partial charge in [0.15, 0.2) is 5.58 Å². The fraction of sp³-hybridized carbons (Fsp3) is 0.0588. The molecule has 0 radical (unpaired) electrons. The lowest BCUT2D eigenvalue weighted by atomic mass is 9.82. The van der Waals surface area contributed by atoms with Gasteiger partial charge in [-0.3, -0.25) is 0 Å². The van der Waals surface area contributed by atoms with E-state index in [1.807, 2.05) is 0 Å². The van der Waals surface area contributed by atoms with E-state index in [2.05, 4.69) is 207 Å². The van der Waals surface area contributed by atoms with Gasteiger partial charge in [0.1, 0.15) is 5.58 Å². The highest BCUT2D eigenvalue weighted by molar-refractivity contribution is 6.14. The van der Waals surface area contributed by atoms with Crippen molar-refractivity contribution in [1.29, 1.82) is 0 Å². The van der Waals surface area contributed by atoms with Gasteiger partial charge in [-0.1, -0.05) is 172 Å². The maximum absolute atomic E-state index is 7.07. The van der Waals surface area contributed by atoms with Crippen molar-refractivity contribution in [3.8, 4) is 44.5 Å². The Hall–Kier alpha value is -6.64. The Kier molecular flexibility index (Phi) is 7.19. The Morgan fingerprint density at radius 1 is 0.377 bits per heavy atom. The Morgan fingerprint density at radius 2 is 0.962 bits per heavy atom. The van der Waals surface area contributed by atoms with E-state index in [9.17, 15) is 0 Å². The lowest BCUT2D eigenvalue weighted by molar-refractivity contribution is 0.660. The van der Waals surface area contributed by atoms with Crippen LogP contribution in [-0.2, 0) is 5.41 Å². The van der Waals surface area contributed by atoms with Gasteiger partial charge in [-0.25, -0.2) is 0 Å². The summed E-state index contributed by atoms with van der Waals surface area (Å²) < 4.78 is 7.07. The van der Waals surface area contributed by atoms with Gasteiger partial charge >= 0.3 is 0 Å². The molecule has 0 bridgehead atoms.